The Hall–Kier alpha value is -3.80. The summed E-state index contributed by atoms with van der Waals surface area (Å²) in [7, 11) is 0. The van der Waals surface area contributed by atoms with Crippen LogP contribution < -0.4 is 5.32 Å². The molecule has 0 atom stereocenters. The number of carbonyl (C=O) groups is 1. The van der Waals surface area contributed by atoms with Gasteiger partial charge < -0.3 is 5.32 Å². The van der Waals surface area contributed by atoms with Gasteiger partial charge in [0.25, 0.3) is 5.91 Å². The van der Waals surface area contributed by atoms with Crippen LogP contribution in [-0.2, 0) is 6.54 Å². The smallest absolute Gasteiger partial charge is 0.255 e. The molecule has 0 aliphatic carbocycles. The van der Waals surface area contributed by atoms with Crippen LogP contribution in [0.4, 0.5) is 4.39 Å². The Morgan fingerprint density at radius 3 is 2.50 bits per heavy atom. The highest BCUT2D eigenvalue weighted by atomic mass is 19.1. The Balaban J connectivity index is 1.65. The zero-order valence-corrected chi connectivity index (χ0v) is 14.9. The molecule has 0 fully saturated rings. The van der Waals surface area contributed by atoms with Gasteiger partial charge in [0.15, 0.2) is 0 Å². The van der Waals surface area contributed by atoms with Crippen LogP contribution in [0.25, 0.3) is 16.9 Å². The first kappa shape index (κ1) is 17.6. The first-order valence-corrected chi connectivity index (χ1v) is 8.79. The van der Waals surface area contributed by atoms with Crippen LogP contribution in [0.5, 0.6) is 0 Å². The number of hydrogen-bond acceptors (Lipinski definition) is 3. The second-order valence-corrected chi connectivity index (χ2v) is 6.22. The third-order valence-electron chi connectivity index (χ3n) is 4.28. The molecule has 6 heteroatoms. The van der Waals surface area contributed by atoms with Crippen LogP contribution in [0, 0.1) is 5.82 Å². The van der Waals surface area contributed by atoms with Crippen molar-refractivity contribution in [2.75, 3.05) is 0 Å². The normalized spacial score (nSPS) is 10.6. The molecule has 2 aromatic carbocycles. The second kappa shape index (κ2) is 7.84. The Morgan fingerprint density at radius 1 is 1.00 bits per heavy atom. The topological polar surface area (TPSA) is 59.8 Å². The van der Waals surface area contributed by atoms with Crippen molar-refractivity contribution in [2.24, 2.45) is 0 Å². The van der Waals surface area contributed by atoms with Gasteiger partial charge >= 0.3 is 0 Å². The lowest BCUT2D eigenvalue weighted by Gasteiger charge is -2.05. The van der Waals surface area contributed by atoms with Gasteiger partial charge in [-0.1, -0.05) is 30.3 Å². The molecule has 5 nitrogen and oxygen atoms in total. The lowest BCUT2D eigenvalue weighted by atomic mass is 10.1. The minimum Gasteiger partial charge on any atom is -0.348 e. The lowest BCUT2D eigenvalue weighted by Crippen LogP contribution is -2.23. The number of nitrogens with zero attached hydrogens (tertiary/aromatic N) is 3. The average molecular weight is 372 g/mol. The maximum absolute atomic E-state index is 13.1. The molecule has 1 N–H and O–H groups in total. The van der Waals surface area contributed by atoms with Crippen LogP contribution in [0.2, 0.25) is 0 Å². The van der Waals surface area contributed by atoms with E-state index in [1.807, 2.05) is 36.4 Å². The maximum atomic E-state index is 13.1. The monoisotopic (exact) mass is 372 g/mol. The van der Waals surface area contributed by atoms with Crippen LogP contribution in [0.1, 0.15) is 15.9 Å². The molecule has 2 aromatic heterocycles. The quantitative estimate of drug-likeness (QED) is 0.576. The molecular formula is C22H17FN4O. The molecule has 0 bridgehead atoms. The number of amides is 1. The zero-order valence-electron chi connectivity index (χ0n) is 14.9. The van der Waals surface area contributed by atoms with Gasteiger partial charge in [-0.25, -0.2) is 9.07 Å². The molecular weight excluding hydrogens is 355 g/mol. The highest BCUT2D eigenvalue weighted by molar-refractivity contribution is 5.99. The predicted molar refractivity (Wildman–Crippen MR) is 104 cm³/mol. The second-order valence-electron chi connectivity index (χ2n) is 6.22. The highest BCUT2D eigenvalue weighted by Crippen LogP contribution is 2.23. The molecule has 138 valence electrons. The van der Waals surface area contributed by atoms with Crippen molar-refractivity contribution in [3.63, 3.8) is 0 Å². The largest absolute Gasteiger partial charge is 0.348 e. The third-order valence-corrected chi connectivity index (χ3v) is 4.28. The number of para-hydroxylation sites is 1. The van der Waals surface area contributed by atoms with E-state index in [-0.39, 0.29) is 11.7 Å². The number of nitrogens with one attached hydrogen (secondary N) is 1. The summed E-state index contributed by atoms with van der Waals surface area (Å²) in [6.45, 7) is 0.294. The molecule has 0 unspecified atom stereocenters. The Bertz CT molecular complexity index is 1080. The summed E-state index contributed by atoms with van der Waals surface area (Å²) in [4.78, 5) is 17.0. The number of halogens is 1. The minimum absolute atomic E-state index is 0.259. The van der Waals surface area contributed by atoms with E-state index in [0.717, 1.165) is 16.8 Å². The van der Waals surface area contributed by atoms with E-state index in [1.54, 1.807) is 41.5 Å². The number of rotatable bonds is 5. The van der Waals surface area contributed by atoms with Crippen molar-refractivity contribution in [1.82, 2.24) is 20.1 Å². The summed E-state index contributed by atoms with van der Waals surface area (Å²) in [6.07, 6.45) is 5.05. The molecule has 0 saturated heterocycles. The van der Waals surface area contributed by atoms with E-state index in [2.05, 4.69) is 15.4 Å². The van der Waals surface area contributed by atoms with E-state index < -0.39 is 0 Å². The molecule has 4 aromatic rings. The molecule has 4 rings (SSSR count). The average Bonchev–Trinajstić information content (AvgIpc) is 3.20. The maximum Gasteiger partial charge on any atom is 0.255 e. The summed E-state index contributed by atoms with van der Waals surface area (Å²) >= 11 is 0. The number of carbonyl (C=O) groups excluding carboxylic acids is 1. The van der Waals surface area contributed by atoms with Crippen LogP contribution >= 0.6 is 0 Å². The van der Waals surface area contributed by atoms with Crippen molar-refractivity contribution < 1.29 is 9.18 Å². The van der Waals surface area contributed by atoms with Gasteiger partial charge in [-0.3, -0.25) is 9.78 Å². The van der Waals surface area contributed by atoms with E-state index in [4.69, 9.17) is 0 Å². The fourth-order valence-corrected chi connectivity index (χ4v) is 2.85. The van der Waals surface area contributed by atoms with Gasteiger partial charge in [-0.2, -0.15) is 5.10 Å². The van der Waals surface area contributed by atoms with Crippen LogP contribution in [0.3, 0.4) is 0 Å². The van der Waals surface area contributed by atoms with Crippen molar-refractivity contribution in [1.29, 1.82) is 0 Å². The lowest BCUT2D eigenvalue weighted by molar-refractivity contribution is 0.0951. The fraction of sp³-hybridized carbons (Fsp3) is 0.0455. The fourth-order valence-electron chi connectivity index (χ4n) is 2.85. The molecule has 2 heterocycles. The number of hydrogen-bond donors (Lipinski definition) is 1. The summed E-state index contributed by atoms with van der Waals surface area (Å²) in [5.74, 6) is -0.566. The number of pyridine rings is 1. The summed E-state index contributed by atoms with van der Waals surface area (Å²) in [5.41, 5.74) is 3.41. The van der Waals surface area contributed by atoms with E-state index >= 15 is 0 Å². The minimum atomic E-state index is -0.307. The third kappa shape index (κ3) is 3.81. The Labute approximate surface area is 161 Å². The molecule has 28 heavy (non-hydrogen) atoms. The van der Waals surface area contributed by atoms with Crippen LogP contribution in [-0.4, -0.2) is 20.7 Å². The highest BCUT2D eigenvalue weighted by Gasteiger charge is 2.18. The predicted octanol–water partition coefficient (Wildman–Crippen LogP) is 4.00. The molecule has 0 aliphatic heterocycles. The molecule has 0 radical (unpaired) electrons. The first-order valence-electron chi connectivity index (χ1n) is 8.79. The number of aromatic nitrogens is 3. The van der Waals surface area contributed by atoms with E-state index in [0.29, 0.717) is 17.8 Å². The standard InChI is InChI=1S/C22H17FN4O/c23-18-10-8-16(9-11-18)13-25-22(28)20-15-27(19-6-2-1-3-7-19)26-21(20)17-5-4-12-24-14-17/h1-12,14-15H,13H2,(H,25,28). The molecule has 1 amide bonds. The van der Waals surface area contributed by atoms with Gasteiger partial charge in [0.1, 0.15) is 11.5 Å². The van der Waals surface area contributed by atoms with Gasteiger partial charge in [0.05, 0.1) is 11.3 Å². The van der Waals surface area contributed by atoms with E-state index in [1.165, 1.54) is 12.1 Å². The zero-order chi connectivity index (χ0) is 19.3. The van der Waals surface area contributed by atoms with E-state index in [9.17, 15) is 9.18 Å². The Kier molecular flexibility index (Phi) is 4.93. The molecule has 0 aliphatic rings. The van der Waals surface area contributed by atoms with Gasteiger partial charge in [0.2, 0.25) is 0 Å². The van der Waals surface area contributed by atoms with Gasteiger partial charge in [-0.05, 0) is 42.0 Å². The molecule has 0 saturated carbocycles. The van der Waals surface area contributed by atoms with Crippen molar-refractivity contribution in [3.8, 4) is 16.9 Å². The van der Waals surface area contributed by atoms with Crippen molar-refractivity contribution >= 4 is 5.91 Å². The van der Waals surface area contributed by atoms with Crippen molar-refractivity contribution in [3.05, 3.63) is 102 Å². The van der Waals surface area contributed by atoms with Gasteiger partial charge in [-0.15, -0.1) is 0 Å². The summed E-state index contributed by atoms with van der Waals surface area (Å²) < 4.78 is 14.7. The molecule has 0 spiro atoms. The SMILES string of the molecule is O=C(NCc1ccc(F)cc1)c1cn(-c2ccccc2)nc1-c1cccnc1. The Morgan fingerprint density at radius 2 is 1.79 bits per heavy atom. The summed E-state index contributed by atoms with van der Waals surface area (Å²) in [6, 6.07) is 19.3. The van der Waals surface area contributed by atoms with Crippen molar-refractivity contribution in [2.45, 2.75) is 6.54 Å². The van der Waals surface area contributed by atoms with Crippen LogP contribution in [0.15, 0.2) is 85.3 Å². The summed E-state index contributed by atoms with van der Waals surface area (Å²) in [5, 5.41) is 7.48. The van der Waals surface area contributed by atoms with Gasteiger partial charge in [0, 0.05) is 30.7 Å². The first-order chi connectivity index (χ1) is 13.7. The number of benzene rings is 2.